The van der Waals surface area contributed by atoms with Gasteiger partial charge < -0.3 is 14.6 Å². The summed E-state index contributed by atoms with van der Waals surface area (Å²) in [6.45, 7) is 3.22. The van der Waals surface area contributed by atoms with Crippen molar-refractivity contribution >= 4 is 5.97 Å². The molecule has 116 valence electrons. The van der Waals surface area contributed by atoms with Crippen molar-refractivity contribution in [3.05, 3.63) is 22.5 Å². The van der Waals surface area contributed by atoms with E-state index in [1.807, 2.05) is 0 Å². The SMILES string of the molecule is COc1c(C)c(F)c(C)c(C2(C(=O)O)CCCC2)c1OC. The first-order chi connectivity index (χ1) is 9.90. The number of aliphatic carboxylic acids is 1. The summed E-state index contributed by atoms with van der Waals surface area (Å²) < 4.78 is 25.2. The third-order valence-corrected chi connectivity index (χ3v) is 4.56. The van der Waals surface area contributed by atoms with E-state index in [0.717, 1.165) is 12.8 Å². The number of ether oxygens (including phenoxy) is 2. The van der Waals surface area contributed by atoms with Crippen LogP contribution in [0.1, 0.15) is 42.4 Å². The minimum absolute atomic E-state index is 0.281. The topological polar surface area (TPSA) is 55.8 Å². The highest BCUT2D eigenvalue weighted by Crippen LogP contribution is 2.51. The molecule has 0 aromatic heterocycles. The van der Waals surface area contributed by atoms with Crippen LogP contribution in [0.15, 0.2) is 0 Å². The van der Waals surface area contributed by atoms with Gasteiger partial charge in [-0.05, 0) is 32.3 Å². The summed E-state index contributed by atoms with van der Waals surface area (Å²) in [5, 5.41) is 9.77. The molecule has 1 fully saturated rings. The van der Waals surface area contributed by atoms with Gasteiger partial charge in [0, 0.05) is 11.1 Å². The van der Waals surface area contributed by atoms with Gasteiger partial charge in [0.15, 0.2) is 11.5 Å². The molecular weight excluding hydrogens is 275 g/mol. The van der Waals surface area contributed by atoms with Crippen LogP contribution in [-0.2, 0) is 10.2 Å². The highest BCUT2D eigenvalue weighted by atomic mass is 19.1. The van der Waals surface area contributed by atoms with Gasteiger partial charge in [-0.25, -0.2) is 4.39 Å². The Morgan fingerprint density at radius 3 is 2.05 bits per heavy atom. The molecule has 0 heterocycles. The van der Waals surface area contributed by atoms with Crippen molar-refractivity contribution in [2.45, 2.75) is 44.9 Å². The van der Waals surface area contributed by atoms with Gasteiger partial charge in [0.25, 0.3) is 0 Å². The maximum absolute atomic E-state index is 14.5. The molecule has 1 N–H and O–H groups in total. The molecule has 1 saturated carbocycles. The lowest BCUT2D eigenvalue weighted by Crippen LogP contribution is -2.34. The summed E-state index contributed by atoms with van der Waals surface area (Å²) in [7, 11) is 2.90. The molecule has 5 heteroatoms. The predicted octanol–water partition coefficient (Wildman–Crippen LogP) is 3.36. The van der Waals surface area contributed by atoms with E-state index < -0.39 is 17.2 Å². The van der Waals surface area contributed by atoms with E-state index in [2.05, 4.69) is 0 Å². The fourth-order valence-electron chi connectivity index (χ4n) is 3.51. The number of carboxylic acids is 1. The average Bonchev–Trinajstić information content (AvgIpc) is 2.95. The molecule has 0 atom stereocenters. The number of rotatable bonds is 4. The van der Waals surface area contributed by atoms with Gasteiger partial charge in [-0.15, -0.1) is 0 Å². The number of carbonyl (C=O) groups is 1. The second kappa shape index (κ2) is 5.54. The molecule has 4 nitrogen and oxygen atoms in total. The number of methoxy groups -OCH3 is 2. The first kappa shape index (κ1) is 15.6. The first-order valence-corrected chi connectivity index (χ1v) is 7.05. The Labute approximate surface area is 123 Å². The number of halogens is 1. The van der Waals surface area contributed by atoms with Crippen LogP contribution in [0.25, 0.3) is 0 Å². The fraction of sp³-hybridized carbons (Fsp3) is 0.562. The highest BCUT2D eigenvalue weighted by Gasteiger charge is 2.47. The Morgan fingerprint density at radius 2 is 1.62 bits per heavy atom. The molecule has 1 aliphatic carbocycles. The zero-order valence-electron chi connectivity index (χ0n) is 12.9. The molecule has 2 rings (SSSR count). The van der Waals surface area contributed by atoms with E-state index in [0.29, 0.717) is 35.3 Å². The van der Waals surface area contributed by atoms with Crippen molar-refractivity contribution in [3.8, 4) is 11.5 Å². The second-order valence-corrected chi connectivity index (χ2v) is 5.60. The van der Waals surface area contributed by atoms with Gasteiger partial charge in [0.05, 0.1) is 19.6 Å². The lowest BCUT2D eigenvalue weighted by molar-refractivity contribution is -0.143. The van der Waals surface area contributed by atoms with E-state index in [4.69, 9.17) is 9.47 Å². The first-order valence-electron chi connectivity index (χ1n) is 7.05. The normalized spacial score (nSPS) is 16.8. The van der Waals surface area contributed by atoms with Crippen LogP contribution < -0.4 is 9.47 Å². The van der Waals surface area contributed by atoms with Gasteiger partial charge in [-0.1, -0.05) is 12.8 Å². The lowest BCUT2D eigenvalue weighted by atomic mass is 9.75. The molecule has 0 spiro atoms. The van der Waals surface area contributed by atoms with Gasteiger partial charge >= 0.3 is 5.97 Å². The largest absolute Gasteiger partial charge is 0.493 e. The average molecular weight is 296 g/mol. The number of hydrogen-bond acceptors (Lipinski definition) is 3. The molecule has 0 radical (unpaired) electrons. The molecule has 1 aromatic rings. The van der Waals surface area contributed by atoms with Crippen LogP contribution >= 0.6 is 0 Å². The Morgan fingerprint density at radius 1 is 1.10 bits per heavy atom. The zero-order chi connectivity index (χ0) is 15.8. The van der Waals surface area contributed by atoms with Crippen molar-refractivity contribution in [1.82, 2.24) is 0 Å². The van der Waals surface area contributed by atoms with Gasteiger partial charge in [-0.3, -0.25) is 4.79 Å². The molecular formula is C16H21FO4. The molecule has 0 aliphatic heterocycles. The van der Waals surface area contributed by atoms with Gasteiger partial charge in [-0.2, -0.15) is 0 Å². The van der Waals surface area contributed by atoms with Crippen LogP contribution in [0.5, 0.6) is 11.5 Å². The summed E-state index contributed by atoms with van der Waals surface area (Å²) in [5.41, 5.74) is 0.0237. The molecule has 1 aliphatic rings. The van der Waals surface area contributed by atoms with Crippen LogP contribution in [0, 0.1) is 19.7 Å². The van der Waals surface area contributed by atoms with E-state index in [-0.39, 0.29) is 5.75 Å². The number of hydrogen-bond donors (Lipinski definition) is 1. The summed E-state index contributed by atoms with van der Waals surface area (Å²) in [4.78, 5) is 11.9. The molecule has 0 bridgehead atoms. The molecule has 0 amide bonds. The number of benzene rings is 1. The third-order valence-electron chi connectivity index (χ3n) is 4.56. The quantitative estimate of drug-likeness (QED) is 0.925. The second-order valence-electron chi connectivity index (χ2n) is 5.60. The predicted molar refractivity (Wildman–Crippen MR) is 76.8 cm³/mol. The van der Waals surface area contributed by atoms with E-state index in [1.54, 1.807) is 13.8 Å². The Kier molecular flexibility index (Phi) is 4.12. The van der Waals surface area contributed by atoms with Crippen molar-refractivity contribution in [1.29, 1.82) is 0 Å². The summed E-state index contributed by atoms with van der Waals surface area (Å²) in [6.07, 6.45) is 2.61. The Balaban J connectivity index is 2.84. The van der Waals surface area contributed by atoms with Crippen molar-refractivity contribution in [2.75, 3.05) is 14.2 Å². The third kappa shape index (κ3) is 2.15. The van der Waals surface area contributed by atoms with Crippen LogP contribution in [0.3, 0.4) is 0 Å². The minimum Gasteiger partial charge on any atom is -0.493 e. The summed E-state index contributed by atoms with van der Waals surface area (Å²) in [6, 6.07) is 0. The number of carboxylic acid groups (broad SMARTS) is 1. The van der Waals surface area contributed by atoms with E-state index in [9.17, 15) is 14.3 Å². The molecule has 0 saturated heterocycles. The van der Waals surface area contributed by atoms with Gasteiger partial charge in [0.2, 0.25) is 0 Å². The highest BCUT2D eigenvalue weighted by molar-refractivity contribution is 5.84. The Bertz CT molecular complexity index is 574. The minimum atomic E-state index is -1.09. The fourth-order valence-corrected chi connectivity index (χ4v) is 3.51. The maximum atomic E-state index is 14.5. The maximum Gasteiger partial charge on any atom is 0.314 e. The summed E-state index contributed by atoms with van der Waals surface area (Å²) >= 11 is 0. The van der Waals surface area contributed by atoms with Crippen molar-refractivity contribution < 1.29 is 23.8 Å². The standard InChI is InChI=1S/C16H21FO4/c1-9-11(16(15(18)19)7-5-6-8-16)14(21-4)13(20-3)10(2)12(9)17/h5-8H2,1-4H3,(H,18,19). The van der Waals surface area contributed by atoms with Gasteiger partial charge in [0.1, 0.15) is 5.82 Å². The van der Waals surface area contributed by atoms with Crippen LogP contribution in [-0.4, -0.2) is 25.3 Å². The monoisotopic (exact) mass is 296 g/mol. The lowest BCUT2D eigenvalue weighted by Gasteiger charge is -2.30. The van der Waals surface area contributed by atoms with E-state index in [1.165, 1.54) is 14.2 Å². The molecule has 21 heavy (non-hydrogen) atoms. The van der Waals surface area contributed by atoms with Crippen molar-refractivity contribution in [3.63, 3.8) is 0 Å². The Hall–Kier alpha value is -1.78. The zero-order valence-corrected chi connectivity index (χ0v) is 12.9. The molecule has 1 aromatic carbocycles. The summed E-state index contributed by atoms with van der Waals surface area (Å²) in [5.74, 6) is -0.719. The van der Waals surface area contributed by atoms with Crippen molar-refractivity contribution in [2.24, 2.45) is 0 Å². The van der Waals surface area contributed by atoms with Crippen LogP contribution in [0.4, 0.5) is 4.39 Å². The van der Waals surface area contributed by atoms with E-state index >= 15 is 0 Å². The smallest absolute Gasteiger partial charge is 0.314 e. The molecule has 0 unspecified atom stereocenters. The van der Waals surface area contributed by atoms with Crippen LogP contribution in [0.2, 0.25) is 0 Å².